The zero-order valence-corrected chi connectivity index (χ0v) is 8.79. The number of rotatable bonds is 1. The smallest absolute Gasteiger partial charge is 0.136 e. The van der Waals surface area contributed by atoms with Gasteiger partial charge in [0.1, 0.15) is 11.9 Å². The van der Waals surface area contributed by atoms with Gasteiger partial charge in [0.2, 0.25) is 0 Å². The van der Waals surface area contributed by atoms with Crippen molar-refractivity contribution in [2.75, 3.05) is 6.61 Å². The predicted octanol–water partition coefficient (Wildman–Crippen LogP) is 2.72. The summed E-state index contributed by atoms with van der Waals surface area (Å²) >= 11 is 0. The number of aryl methyl sites for hydroxylation is 1. The molecule has 0 aliphatic carbocycles. The Balaban J connectivity index is 2.05. The molecule has 0 radical (unpaired) electrons. The summed E-state index contributed by atoms with van der Waals surface area (Å²) in [5.41, 5.74) is 3.40. The normalized spacial score (nSPS) is 21.3. The molecule has 1 aliphatic heterocycles. The van der Waals surface area contributed by atoms with Crippen LogP contribution in [0.15, 0.2) is 18.2 Å². The average molecular weight is 202 g/mol. The number of nitrogens with zero attached hydrogens (tertiary/aromatic N) is 1. The summed E-state index contributed by atoms with van der Waals surface area (Å²) in [4.78, 5) is 7.90. The Hall–Kier alpha value is -1.35. The maximum Gasteiger partial charge on any atom is 0.136 e. The second kappa shape index (κ2) is 3.35. The van der Waals surface area contributed by atoms with Crippen LogP contribution in [0.4, 0.5) is 0 Å². The van der Waals surface area contributed by atoms with Crippen LogP contribution in [0.2, 0.25) is 0 Å². The Bertz CT molecular complexity index is 483. The number of H-pyrrole nitrogens is 1. The summed E-state index contributed by atoms with van der Waals surface area (Å²) in [6.45, 7) is 2.95. The first-order chi connectivity index (χ1) is 7.33. The van der Waals surface area contributed by atoms with E-state index in [1.165, 1.54) is 5.56 Å². The van der Waals surface area contributed by atoms with Gasteiger partial charge in [0.05, 0.1) is 11.0 Å². The highest BCUT2D eigenvalue weighted by molar-refractivity contribution is 5.75. The first kappa shape index (κ1) is 8.92. The Morgan fingerprint density at radius 1 is 1.47 bits per heavy atom. The fraction of sp³-hybridized carbons (Fsp3) is 0.417. The Labute approximate surface area is 88.5 Å². The lowest BCUT2D eigenvalue weighted by Gasteiger charge is -2.03. The van der Waals surface area contributed by atoms with Gasteiger partial charge >= 0.3 is 0 Å². The van der Waals surface area contributed by atoms with Crippen molar-refractivity contribution in [1.29, 1.82) is 0 Å². The lowest BCUT2D eigenvalue weighted by Crippen LogP contribution is -1.97. The van der Waals surface area contributed by atoms with Gasteiger partial charge in [-0.05, 0) is 37.5 Å². The van der Waals surface area contributed by atoms with E-state index in [2.05, 4.69) is 35.1 Å². The number of hydrogen-bond acceptors (Lipinski definition) is 2. The highest BCUT2D eigenvalue weighted by Gasteiger charge is 2.20. The molecule has 78 valence electrons. The number of ether oxygens (including phenoxy) is 1. The molecule has 0 saturated carbocycles. The van der Waals surface area contributed by atoms with Crippen molar-refractivity contribution in [1.82, 2.24) is 9.97 Å². The molecule has 3 nitrogen and oxygen atoms in total. The quantitative estimate of drug-likeness (QED) is 0.772. The van der Waals surface area contributed by atoms with Crippen LogP contribution in [0.1, 0.15) is 30.3 Å². The van der Waals surface area contributed by atoms with Gasteiger partial charge in [-0.1, -0.05) is 6.07 Å². The van der Waals surface area contributed by atoms with Gasteiger partial charge < -0.3 is 9.72 Å². The number of fused-ring (bicyclic) bond motifs is 1. The fourth-order valence-electron chi connectivity index (χ4n) is 2.09. The zero-order chi connectivity index (χ0) is 10.3. The van der Waals surface area contributed by atoms with Crippen LogP contribution < -0.4 is 0 Å². The molecule has 2 heterocycles. The molecule has 1 fully saturated rings. The van der Waals surface area contributed by atoms with Gasteiger partial charge in [0.15, 0.2) is 0 Å². The Morgan fingerprint density at radius 3 is 3.20 bits per heavy atom. The SMILES string of the molecule is Cc1ccc2nc([C@H]3CCCO3)[nH]c2c1. The van der Waals surface area contributed by atoms with Crippen molar-refractivity contribution in [2.45, 2.75) is 25.9 Å². The van der Waals surface area contributed by atoms with Crippen LogP contribution in [0, 0.1) is 6.92 Å². The second-order valence-corrected chi connectivity index (χ2v) is 4.14. The van der Waals surface area contributed by atoms with Crippen LogP contribution >= 0.6 is 0 Å². The minimum Gasteiger partial charge on any atom is -0.370 e. The molecule has 0 amide bonds. The fourth-order valence-corrected chi connectivity index (χ4v) is 2.09. The van der Waals surface area contributed by atoms with Crippen molar-refractivity contribution in [3.8, 4) is 0 Å². The summed E-state index contributed by atoms with van der Waals surface area (Å²) < 4.78 is 5.61. The first-order valence-electron chi connectivity index (χ1n) is 5.41. The lowest BCUT2D eigenvalue weighted by molar-refractivity contribution is 0.106. The third kappa shape index (κ3) is 1.53. The van der Waals surface area contributed by atoms with E-state index in [9.17, 15) is 0 Å². The third-order valence-electron chi connectivity index (χ3n) is 2.89. The highest BCUT2D eigenvalue weighted by atomic mass is 16.5. The minimum absolute atomic E-state index is 0.178. The third-order valence-corrected chi connectivity index (χ3v) is 2.89. The van der Waals surface area contributed by atoms with Gasteiger partial charge in [-0.25, -0.2) is 4.98 Å². The number of aromatic amines is 1. The molecule has 0 bridgehead atoms. The van der Waals surface area contributed by atoms with Crippen LogP contribution in [-0.4, -0.2) is 16.6 Å². The van der Waals surface area contributed by atoms with Gasteiger partial charge in [-0.15, -0.1) is 0 Å². The van der Waals surface area contributed by atoms with Crippen molar-refractivity contribution in [2.24, 2.45) is 0 Å². The minimum atomic E-state index is 0.178. The van der Waals surface area contributed by atoms with E-state index in [1.54, 1.807) is 0 Å². The van der Waals surface area contributed by atoms with E-state index in [1.807, 2.05) is 0 Å². The van der Waals surface area contributed by atoms with Gasteiger partial charge in [0, 0.05) is 6.61 Å². The number of aromatic nitrogens is 2. The van der Waals surface area contributed by atoms with Crippen LogP contribution in [0.5, 0.6) is 0 Å². The van der Waals surface area contributed by atoms with Crippen molar-refractivity contribution in [3.05, 3.63) is 29.6 Å². The molecule has 1 aromatic heterocycles. The number of imidazole rings is 1. The number of hydrogen-bond donors (Lipinski definition) is 1. The van der Waals surface area contributed by atoms with Gasteiger partial charge in [-0.2, -0.15) is 0 Å². The summed E-state index contributed by atoms with van der Waals surface area (Å²) in [5.74, 6) is 0.980. The molecular weight excluding hydrogens is 188 g/mol. The topological polar surface area (TPSA) is 37.9 Å². The predicted molar refractivity (Wildman–Crippen MR) is 58.8 cm³/mol. The molecule has 3 rings (SSSR count). The van der Waals surface area contributed by atoms with E-state index >= 15 is 0 Å². The van der Waals surface area contributed by atoms with Gasteiger partial charge in [0.25, 0.3) is 0 Å². The molecule has 0 unspecified atom stereocenters. The first-order valence-corrected chi connectivity index (χ1v) is 5.41. The highest BCUT2D eigenvalue weighted by Crippen LogP contribution is 2.27. The molecule has 3 heteroatoms. The molecule has 1 saturated heterocycles. The molecule has 0 spiro atoms. The lowest BCUT2D eigenvalue weighted by atomic mass is 10.2. The largest absolute Gasteiger partial charge is 0.370 e. The van der Waals surface area contributed by atoms with Crippen LogP contribution in [0.3, 0.4) is 0 Å². The summed E-state index contributed by atoms with van der Waals surface area (Å²) in [6, 6.07) is 6.27. The molecule has 15 heavy (non-hydrogen) atoms. The zero-order valence-electron chi connectivity index (χ0n) is 8.79. The maximum atomic E-state index is 5.61. The van der Waals surface area contributed by atoms with E-state index in [0.29, 0.717) is 0 Å². The van der Waals surface area contributed by atoms with Crippen molar-refractivity contribution < 1.29 is 4.74 Å². The molecule has 1 aliphatic rings. The van der Waals surface area contributed by atoms with Crippen LogP contribution in [0.25, 0.3) is 11.0 Å². The monoisotopic (exact) mass is 202 g/mol. The Kier molecular flexibility index (Phi) is 1.99. The van der Waals surface area contributed by atoms with E-state index in [0.717, 1.165) is 36.3 Å². The molecule has 1 aromatic carbocycles. The number of nitrogens with one attached hydrogen (secondary N) is 1. The summed E-state index contributed by atoms with van der Waals surface area (Å²) in [5, 5.41) is 0. The van der Waals surface area contributed by atoms with Gasteiger partial charge in [-0.3, -0.25) is 0 Å². The molecule has 1 N–H and O–H groups in total. The summed E-state index contributed by atoms with van der Waals surface area (Å²) in [6.07, 6.45) is 2.40. The molecule has 1 atom stereocenters. The standard InChI is InChI=1S/C12H14N2O/c1-8-4-5-9-10(7-8)14-12(13-9)11-3-2-6-15-11/h4-5,7,11H,2-3,6H2,1H3,(H,13,14)/t11-/m1/s1. The average Bonchev–Trinajstić information content (AvgIpc) is 2.84. The molecular formula is C12H14N2O. The van der Waals surface area contributed by atoms with Crippen molar-refractivity contribution in [3.63, 3.8) is 0 Å². The Morgan fingerprint density at radius 2 is 2.40 bits per heavy atom. The van der Waals surface area contributed by atoms with Crippen LogP contribution in [-0.2, 0) is 4.74 Å². The number of benzene rings is 1. The molecule has 2 aromatic rings. The van der Waals surface area contributed by atoms with E-state index in [-0.39, 0.29) is 6.10 Å². The van der Waals surface area contributed by atoms with E-state index in [4.69, 9.17) is 4.74 Å². The maximum absolute atomic E-state index is 5.61. The van der Waals surface area contributed by atoms with Crippen molar-refractivity contribution >= 4 is 11.0 Å². The van der Waals surface area contributed by atoms with E-state index < -0.39 is 0 Å². The summed E-state index contributed by atoms with van der Waals surface area (Å²) in [7, 11) is 0. The second-order valence-electron chi connectivity index (χ2n) is 4.14.